The topological polar surface area (TPSA) is 53.0 Å². The Balaban J connectivity index is 2.53. The molecule has 0 saturated carbocycles. The molecule has 1 rings (SSSR count). The predicted molar refractivity (Wildman–Crippen MR) is 86.6 cm³/mol. The molecule has 0 saturated heterocycles. The van der Waals surface area contributed by atoms with Crippen LogP contribution in [-0.2, 0) is 0 Å². The molecule has 0 atom stereocenters. The largest absolute Gasteiger partial charge is 0.397 e. The van der Waals surface area contributed by atoms with Crippen molar-refractivity contribution < 1.29 is 0 Å². The summed E-state index contributed by atoms with van der Waals surface area (Å²) >= 11 is 0. The summed E-state index contributed by atoms with van der Waals surface area (Å²) in [6, 6.07) is 10.4. The Labute approximate surface area is 123 Å². The summed E-state index contributed by atoms with van der Waals surface area (Å²) in [5.41, 5.74) is 7.83. The fourth-order valence-corrected chi connectivity index (χ4v) is 2.32. The van der Waals surface area contributed by atoms with Crippen LogP contribution in [0.4, 0.5) is 11.4 Å². The maximum atomic E-state index is 9.02. The van der Waals surface area contributed by atoms with E-state index < -0.39 is 0 Å². The molecule has 0 aliphatic carbocycles. The van der Waals surface area contributed by atoms with Gasteiger partial charge in [-0.15, -0.1) is 0 Å². The number of benzene rings is 1. The predicted octanol–water partition coefficient (Wildman–Crippen LogP) is 4.21. The number of nitriles is 1. The molecule has 3 nitrogen and oxygen atoms in total. The third kappa shape index (κ3) is 5.13. The van der Waals surface area contributed by atoms with Gasteiger partial charge in [0.2, 0.25) is 0 Å². The van der Waals surface area contributed by atoms with Crippen LogP contribution in [0.1, 0.15) is 46.5 Å². The van der Waals surface area contributed by atoms with Gasteiger partial charge in [0.15, 0.2) is 0 Å². The van der Waals surface area contributed by atoms with E-state index in [1.807, 2.05) is 32.0 Å². The molecule has 0 radical (unpaired) electrons. The van der Waals surface area contributed by atoms with E-state index in [1.165, 1.54) is 0 Å². The number of nitrogens with two attached hydrogens (primary N) is 1. The first-order valence-electron chi connectivity index (χ1n) is 7.51. The molecule has 0 unspecified atom stereocenters. The van der Waals surface area contributed by atoms with Crippen LogP contribution >= 0.6 is 0 Å². The summed E-state index contributed by atoms with van der Waals surface area (Å²) in [4.78, 5) is 2.36. The van der Waals surface area contributed by atoms with Gasteiger partial charge in [-0.2, -0.15) is 5.26 Å². The number of anilines is 2. The molecule has 0 bridgehead atoms. The zero-order valence-electron chi connectivity index (χ0n) is 13.0. The highest BCUT2D eigenvalue weighted by molar-refractivity contribution is 5.67. The van der Waals surface area contributed by atoms with Crippen LogP contribution in [-0.4, -0.2) is 13.1 Å². The van der Waals surface area contributed by atoms with Crippen molar-refractivity contribution in [3.8, 4) is 6.07 Å². The van der Waals surface area contributed by atoms with Crippen molar-refractivity contribution in [3.05, 3.63) is 24.3 Å². The van der Waals surface area contributed by atoms with Crippen molar-refractivity contribution in [2.24, 2.45) is 5.41 Å². The third-order valence-electron chi connectivity index (χ3n) is 3.55. The molecule has 1 aromatic rings. The van der Waals surface area contributed by atoms with E-state index >= 15 is 0 Å². The zero-order chi connectivity index (χ0) is 15.0. The molecule has 0 heterocycles. The van der Waals surface area contributed by atoms with Gasteiger partial charge in [-0.05, 0) is 45.2 Å². The Morgan fingerprint density at radius 3 is 2.50 bits per heavy atom. The van der Waals surface area contributed by atoms with Gasteiger partial charge in [-0.1, -0.05) is 25.5 Å². The van der Waals surface area contributed by atoms with Gasteiger partial charge in [0.05, 0.1) is 22.9 Å². The van der Waals surface area contributed by atoms with E-state index in [-0.39, 0.29) is 5.41 Å². The van der Waals surface area contributed by atoms with Gasteiger partial charge in [0.1, 0.15) is 0 Å². The summed E-state index contributed by atoms with van der Waals surface area (Å²) in [5, 5.41) is 9.02. The zero-order valence-corrected chi connectivity index (χ0v) is 13.0. The van der Waals surface area contributed by atoms with E-state index in [0.29, 0.717) is 0 Å². The molecule has 110 valence electrons. The van der Waals surface area contributed by atoms with E-state index in [9.17, 15) is 0 Å². The molecule has 3 heteroatoms. The molecular formula is C17H27N3. The van der Waals surface area contributed by atoms with Crippen molar-refractivity contribution in [1.29, 1.82) is 5.26 Å². The lowest BCUT2D eigenvalue weighted by Gasteiger charge is -2.26. The highest BCUT2D eigenvalue weighted by atomic mass is 15.1. The standard InChI is InChI=1S/C17H27N3/c1-4-12-20(16-10-6-5-9-15(16)19)13-8-7-11-17(2,3)14-18/h5-6,9-10H,4,7-8,11-13,19H2,1-3H3. The van der Waals surface area contributed by atoms with E-state index in [1.54, 1.807) is 0 Å². The monoisotopic (exact) mass is 273 g/mol. The average Bonchev–Trinajstić information content (AvgIpc) is 2.43. The second-order valence-electron chi connectivity index (χ2n) is 6.00. The number of hydrogen-bond donors (Lipinski definition) is 1. The Kier molecular flexibility index (Phi) is 6.38. The first kappa shape index (κ1) is 16.4. The first-order chi connectivity index (χ1) is 9.50. The summed E-state index contributed by atoms with van der Waals surface area (Å²) < 4.78 is 0. The Morgan fingerprint density at radius 1 is 1.20 bits per heavy atom. The molecular weight excluding hydrogens is 246 g/mol. The molecule has 1 aromatic carbocycles. The SMILES string of the molecule is CCCN(CCCCC(C)(C)C#N)c1ccccc1N. The summed E-state index contributed by atoms with van der Waals surface area (Å²) in [5.74, 6) is 0. The van der Waals surface area contributed by atoms with Gasteiger partial charge in [0, 0.05) is 13.1 Å². The van der Waals surface area contributed by atoms with Crippen LogP contribution in [0.3, 0.4) is 0 Å². The highest BCUT2D eigenvalue weighted by Crippen LogP contribution is 2.25. The van der Waals surface area contributed by atoms with Crippen LogP contribution in [0.2, 0.25) is 0 Å². The molecule has 2 N–H and O–H groups in total. The Hall–Kier alpha value is -1.69. The fourth-order valence-electron chi connectivity index (χ4n) is 2.32. The first-order valence-corrected chi connectivity index (χ1v) is 7.51. The highest BCUT2D eigenvalue weighted by Gasteiger charge is 2.16. The normalized spacial score (nSPS) is 11.1. The molecule has 0 fully saturated rings. The number of para-hydroxylation sites is 2. The number of unbranched alkanes of at least 4 members (excludes halogenated alkanes) is 1. The van der Waals surface area contributed by atoms with Crippen molar-refractivity contribution in [2.75, 3.05) is 23.7 Å². The van der Waals surface area contributed by atoms with E-state index in [4.69, 9.17) is 11.0 Å². The quantitative estimate of drug-likeness (QED) is 0.570. The lowest BCUT2D eigenvalue weighted by Crippen LogP contribution is -2.26. The molecule has 0 aliphatic rings. The molecule has 0 aromatic heterocycles. The van der Waals surface area contributed by atoms with E-state index in [0.717, 1.165) is 50.1 Å². The lowest BCUT2D eigenvalue weighted by molar-refractivity contribution is 0.426. The van der Waals surface area contributed by atoms with Gasteiger partial charge < -0.3 is 10.6 Å². The second kappa shape index (κ2) is 7.79. The number of nitrogen functional groups attached to an aromatic ring is 1. The summed E-state index contributed by atoms with van der Waals surface area (Å²) in [7, 11) is 0. The van der Waals surface area contributed by atoms with Gasteiger partial charge >= 0.3 is 0 Å². The van der Waals surface area contributed by atoms with Crippen LogP contribution < -0.4 is 10.6 Å². The summed E-state index contributed by atoms with van der Waals surface area (Å²) in [6.45, 7) is 8.22. The van der Waals surface area contributed by atoms with Crippen LogP contribution in [0.25, 0.3) is 0 Å². The smallest absolute Gasteiger partial charge is 0.0683 e. The minimum Gasteiger partial charge on any atom is -0.397 e. The van der Waals surface area contributed by atoms with Crippen molar-refractivity contribution >= 4 is 11.4 Å². The van der Waals surface area contributed by atoms with Crippen molar-refractivity contribution in [2.45, 2.75) is 46.5 Å². The maximum absolute atomic E-state index is 9.02. The van der Waals surface area contributed by atoms with Gasteiger partial charge in [0.25, 0.3) is 0 Å². The van der Waals surface area contributed by atoms with Crippen LogP contribution in [0.15, 0.2) is 24.3 Å². The fraction of sp³-hybridized carbons (Fsp3) is 0.588. The maximum Gasteiger partial charge on any atom is 0.0683 e. The third-order valence-corrected chi connectivity index (χ3v) is 3.55. The minimum atomic E-state index is -0.207. The molecule has 0 spiro atoms. The number of nitrogens with zero attached hydrogens (tertiary/aromatic N) is 2. The van der Waals surface area contributed by atoms with Crippen LogP contribution in [0, 0.1) is 16.7 Å². The Bertz CT molecular complexity index is 446. The number of hydrogen-bond acceptors (Lipinski definition) is 3. The van der Waals surface area contributed by atoms with Crippen molar-refractivity contribution in [1.82, 2.24) is 0 Å². The number of rotatable bonds is 8. The Morgan fingerprint density at radius 2 is 1.90 bits per heavy atom. The molecule has 0 aliphatic heterocycles. The van der Waals surface area contributed by atoms with Gasteiger partial charge in [-0.25, -0.2) is 0 Å². The summed E-state index contributed by atoms with van der Waals surface area (Å²) in [6.07, 6.45) is 4.23. The van der Waals surface area contributed by atoms with Crippen molar-refractivity contribution in [3.63, 3.8) is 0 Å². The molecule has 20 heavy (non-hydrogen) atoms. The van der Waals surface area contributed by atoms with Crippen LogP contribution in [0.5, 0.6) is 0 Å². The second-order valence-corrected chi connectivity index (χ2v) is 6.00. The van der Waals surface area contributed by atoms with Gasteiger partial charge in [-0.3, -0.25) is 0 Å². The minimum absolute atomic E-state index is 0.207. The van der Waals surface area contributed by atoms with E-state index in [2.05, 4.69) is 24.0 Å². The average molecular weight is 273 g/mol. The molecule has 0 amide bonds. The lowest BCUT2D eigenvalue weighted by atomic mass is 9.89.